The summed E-state index contributed by atoms with van der Waals surface area (Å²) in [6, 6.07) is 0. The first-order chi connectivity index (χ1) is 6.34. The number of aromatic amines is 1. The minimum absolute atomic E-state index is 0.0434. The van der Waals surface area contributed by atoms with E-state index in [1.165, 1.54) is 12.4 Å². The molecule has 0 aromatic carbocycles. The number of hydrazine groups is 1. The first kappa shape index (κ1) is 7.59. The van der Waals surface area contributed by atoms with E-state index in [9.17, 15) is 4.79 Å². The molecule has 0 saturated carbocycles. The van der Waals surface area contributed by atoms with Crippen molar-refractivity contribution >= 4 is 11.7 Å². The molecule has 0 radical (unpaired) electrons. The van der Waals surface area contributed by atoms with Crippen LogP contribution in [0.5, 0.6) is 0 Å². The Labute approximate surface area is 73.6 Å². The van der Waals surface area contributed by atoms with Crippen LogP contribution < -0.4 is 16.2 Å². The molecular formula is C6H8N6O. The van der Waals surface area contributed by atoms with E-state index in [4.69, 9.17) is 0 Å². The highest BCUT2D eigenvalue weighted by molar-refractivity contribution is 5.94. The predicted octanol–water partition coefficient (Wildman–Crippen LogP) is -1.27. The molecule has 2 rings (SSSR count). The molecule has 7 heteroatoms. The Morgan fingerprint density at radius 1 is 1.46 bits per heavy atom. The third-order valence-corrected chi connectivity index (χ3v) is 1.49. The second kappa shape index (κ2) is 3.13. The van der Waals surface area contributed by atoms with Crippen LogP contribution in [0.4, 0.5) is 5.95 Å². The lowest BCUT2D eigenvalue weighted by Crippen LogP contribution is -2.28. The summed E-state index contributed by atoms with van der Waals surface area (Å²) in [5.41, 5.74) is 5.48. The van der Waals surface area contributed by atoms with Gasteiger partial charge in [-0.2, -0.15) is 10.1 Å². The Bertz CT molecular complexity index is 329. The quantitative estimate of drug-likeness (QED) is 0.433. The van der Waals surface area contributed by atoms with E-state index in [1.54, 1.807) is 0 Å². The molecule has 68 valence electrons. The molecule has 2 heterocycles. The van der Waals surface area contributed by atoms with Crippen LogP contribution in [0, 0.1) is 0 Å². The van der Waals surface area contributed by atoms with Crippen molar-refractivity contribution in [3.8, 4) is 0 Å². The SMILES string of the molecule is O=C1C=C(NNc2ncn[nH]2)NC1. The van der Waals surface area contributed by atoms with Gasteiger partial charge in [0.2, 0.25) is 5.95 Å². The molecule has 0 unspecified atom stereocenters. The highest BCUT2D eigenvalue weighted by Crippen LogP contribution is 1.95. The molecule has 13 heavy (non-hydrogen) atoms. The number of carbonyl (C=O) groups is 1. The fourth-order valence-corrected chi connectivity index (χ4v) is 0.918. The molecule has 1 aliphatic heterocycles. The van der Waals surface area contributed by atoms with E-state index >= 15 is 0 Å². The third-order valence-electron chi connectivity index (χ3n) is 1.49. The summed E-state index contributed by atoms with van der Waals surface area (Å²) >= 11 is 0. The summed E-state index contributed by atoms with van der Waals surface area (Å²) in [6.45, 7) is 0.334. The van der Waals surface area contributed by atoms with Crippen LogP contribution in [0.25, 0.3) is 0 Å². The van der Waals surface area contributed by atoms with Crippen LogP contribution in [0.2, 0.25) is 0 Å². The molecule has 1 aromatic rings. The van der Waals surface area contributed by atoms with E-state index in [1.807, 2.05) is 0 Å². The number of hydrogen-bond donors (Lipinski definition) is 4. The molecule has 0 saturated heterocycles. The first-order valence-electron chi connectivity index (χ1n) is 3.70. The molecule has 0 bridgehead atoms. The summed E-state index contributed by atoms with van der Waals surface area (Å²) in [5, 5.41) is 9.08. The highest BCUT2D eigenvalue weighted by atomic mass is 16.1. The van der Waals surface area contributed by atoms with E-state index < -0.39 is 0 Å². The Hall–Kier alpha value is -2.05. The van der Waals surface area contributed by atoms with Gasteiger partial charge in [0.1, 0.15) is 12.1 Å². The van der Waals surface area contributed by atoms with Crippen LogP contribution in [0.15, 0.2) is 18.2 Å². The number of rotatable bonds is 3. The van der Waals surface area contributed by atoms with Gasteiger partial charge in [-0.05, 0) is 0 Å². The van der Waals surface area contributed by atoms with Gasteiger partial charge in [0.15, 0.2) is 5.78 Å². The van der Waals surface area contributed by atoms with Crippen LogP contribution in [-0.2, 0) is 4.79 Å². The monoisotopic (exact) mass is 180 g/mol. The summed E-state index contributed by atoms with van der Waals surface area (Å²) in [4.78, 5) is 14.6. The van der Waals surface area contributed by atoms with Crippen LogP contribution in [-0.4, -0.2) is 27.5 Å². The number of H-pyrrole nitrogens is 1. The topological polar surface area (TPSA) is 94.7 Å². The lowest BCUT2D eigenvalue weighted by Gasteiger charge is -2.06. The van der Waals surface area contributed by atoms with Gasteiger partial charge < -0.3 is 5.32 Å². The zero-order valence-corrected chi connectivity index (χ0v) is 6.66. The van der Waals surface area contributed by atoms with Crippen molar-refractivity contribution in [1.82, 2.24) is 25.9 Å². The fraction of sp³-hybridized carbons (Fsp3) is 0.167. The van der Waals surface area contributed by atoms with Gasteiger partial charge in [-0.1, -0.05) is 0 Å². The lowest BCUT2D eigenvalue weighted by molar-refractivity contribution is -0.113. The number of nitrogens with zero attached hydrogens (tertiary/aromatic N) is 2. The molecule has 4 N–H and O–H groups in total. The van der Waals surface area contributed by atoms with Gasteiger partial charge >= 0.3 is 0 Å². The molecule has 0 aliphatic carbocycles. The third kappa shape index (κ3) is 1.75. The molecule has 0 spiro atoms. The van der Waals surface area contributed by atoms with Crippen LogP contribution in [0.1, 0.15) is 0 Å². The predicted molar refractivity (Wildman–Crippen MR) is 44.2 cm³/mol. The van der Waals surface area contributed by atoms with Gasteiger partial charge in [0.05, 0.1) is 6.54 Å². The second-order valence-electron chi connectivity index (χ2n) is 2.46. The van der Waals surface area contributed by atoms with Crippen molar-refractivity contribution in [1.29, 1.82) is 0 Å². The molecule has 0 amide bonds. The Kier molecular flexibility index (Phi) is 1.83. The number of aromatic nitrogens is 3. The van der Waals surface area contributed by atoms with Gasteiger partial charge in [-0.25, -0.2) is 5.10 Å². The molecular weight excluding hydrogens is 172 g/mol. The van der Waals surface area contributed by atoms with E-state index in [0.717, 1.165) is 0 Å². The maximum atomic E-state index is 10.8. The Morgan fingerprint density at radius 3 is 3.00 bits per heavy atom. The highest BCUT2D eigenvalue weighted by Gasteiger charge is 2.09. The minimum atomic E-state index is 0.0434. The van der Waals surface area contributed by atoms with Gasteiger partial charge in [-0.3, -0.25) is 15.6 Å². The van der Waals surface area contributed by atoms with Gasteiger partial charge in [0.25, 0.3) is 0 Å². The fourth-order valence-electron chi connectivity index (χ4n) is 0.918. The first-order valence-corrected chi connectivity index (χ1v) is 3.70. The molecule has 0 atom stereocenters. The summed E-state index contributed by atoms with van der Waals surface area (Å²) < 4.78 is 0. The van der Waals surface area contributed by atoms with Crippen molar-refractivity contribution in [3.63, 3.8) is 0 Å². The Morgan fingerprint density at radius 2 is 2.38 bits per heavy atom. The maximum Gasteiger partial charge on any atom is 0.237 e. The lowest BCUT2D eigenvalue weighted by atomic mass is 10.4. The van der Waals surface area contributed by atoms with Crippen molar-refractivity contribution in [3.05, 3.63) is 18.2 Å². The molecule has 0 fully saturated rings. The van der Waals surface area contributed by atoms with E-state index in [2.05, 4.69) is 31.3 Å². The van der Waals surface area contributed by atoms with Gasteiger partial charge in [-0.15, -0.1) is 0 Å². The van der Waals surface area contributed by atoms with E-state index in [-0.39, 0.29) is 5.78 Å². The smallest absolute Gasteiger partial charge is 0.237 e. The average Bonchev–Trinajstić information content (AvgIpc) is 2.71. The average molecular weight is 180 g/mol. The second-order valence-corrected chi connectivity index (χ2v) is 2.46. The number of carbonyl (C=O) groups excluding carboxylic acids is 1. The molecule has 7 nitrogen and oxygen atoms in total. The van der Waals surface area contributed by atoms with Gasteiger partial charge in [0, 0.05) is 6.08 Å². The van der Waals surface area contributed by atoms with Crippen molar-refractivity contribution < 1.29 is 4.79 Å². The minimum Gasteiger partial charge on any atom is -0.363 e. The van der Waals surface area contributed by atoms with Crippen molar-refractivity contribution in [2.75, 3.05) is 12.0 Å². The zero-order valence-electron chi connectivity index (χ0n) is 6.66. The number of anilines is 1. The summed E-state index contributed by atoms with van der Waals surface area (Å²) in [5.74, 6) is 1.16. The van der Waals surface area contributed by atoms with Crippen LogP contribution >= 0.6 is 0 Å². The zero-order chi connectivity index (χ0) is 9.10. The largest absolute Gasteiger partial charge is 0.363 e. The normalized spacial score (nSPS) is 15.1. The molecule has 1 aliphatic rings. The van der Waals surface area contributed by atoms with E-state index in [0.29, 0.717) is 18.3 Å². The number of hydrogen-bond acceptors (Lipinski definition) is 6. The van der Waals surface area contributed by atoms with Crippen LogP contribution in [0.3, 0.4) is 0 Å². The summed E-state index contributed by atoms with van der Waals surface area (Å²) in [6.07, 6.45) is 2.86. The standard InChI is InChI=1S/C6H8N6O/c13-4-1-5(7-2-4)10-12-6-8-3-9-11-6/h1,3,7,10H,2H2,(H2,8,9,11,12). The maximum absolute atomic E-state index is 10.8. The number of nitrogens with one attached hydrogen (secondary N) is 4. The van der Waals surface area contributed by atoms with Crippen molar-refractivity contribution in [2.24, 2.45) is 0 Å². The summed E-state index contributed by atoms with van der Waals surface area (Å²) in [7, 11) is 0. The van der Waals surface area contributed by atoms with Crippen molar-refractivity contribution in [2.45, 2.75) is 0 Å². The Balaban J connectivity index is 1.87. The number of ketones is 1. The molecule has 1 aromatic heterocycles.